The maximum Gasteiger partial charge on any atom is 0.0471 e. The van der Waals surface area contributed by atoms with Gasteiger partial charge in [-0.15, -0.1) is 0 Å². The molecular weight excluding hydrogens is 200 g/mol. The van der Waals surface area contributed by atoms with E-state index >= 15 is 0 Å². The summed E-state index contributed by atoms with van der Waals surface area (Å²) in [6.07, 6.45) is 4.79. The average molecular weight is 218 g/mol. The predicted octanol–water partition coefficient (Wildman–Crippen LogP) is 2.04. The molecule has 2 N–H and O–H groups in total. The molecule has 0 heterocycles. The van der Waals surface area contributed by atoms with E-state index in [-0.39, 0.29) is 13.2 Å². The van der Waals surface area contributed by atoms with Crippen LogP contribution in [0.5, 0.6) is 0 Å². The number of hydrogen-bond donors (Lipinski definition) is 2. The largest absolute Gasteiger partial charge is 0.396 e. The lowest BCUT2D eigenvalue weighted by Gasteiger charge is -2.13. The van der Waals surface area contributed by atoms with Gasteiger partial charge in [-0.25, -0.2) is 0 Å². The lowest BCUT2D eigenvalue weighted by atomic mass is 9.93. The van der Waals surface area contributed by atoms with Gasteiger partial charge in [0.15, 0.2) is 0 Å². The standard InChI is InChI=1S/C14H18O2/c1-3-13-11(7-9-15)5-6-12(8-10-16)14(13)4-2/h3-6,15-16H,1-2,7-10H2. The Bertz CT molecular complexity index is 344. The third-order valence-corrected chi connectivity index (χ3v) is 2.64. The van der Waals surface area contributed by atoms with Gasteiger partial charge in [-0.05, 0) is 35.1 Å². The second kappa shape index (κ2) is 6.26. The van der Waals surface area contributed by atoms with E-state index in [1.165, 1.54) is 0 Å². The van der Waals surface area contributed by atoms with Gasteiger partial charge in [0.25, 0.3) is 0 Å². The molecule has 0 aromatic heterocycles. The van der Waals surface area contributed by atoms with E-state index in [1.807, 2.05) is 12.1 Å². The van der Waals surface area contributed by atoms with Crippen molar-refractivity contribution in [3.05, 3.63) is 47.5 Å². The quantitative estimate of drug-likeness (QED) is 0.767. The van der Waals surface area contributed by atoms with E-state index in [4.69, 9.17) is 10.2 Å². The fraction of sp³-hybridized carbons (Fsp3) is 0.286. The molecule has 0 unspecified atom stereocenters. The van der Waals surface area contributed by atoms with Gasteiger partial charge in [0.05, 0.1) is 0 Å². The highest BCUT2D eigenvalue weighted by atomic mass is 16.3. The lowest BCUT2D eigenvalue weighted by Crippen LogP contribution is -2.01. The minimum atomic E-state index is 0.122. The molecule has 2 nitrogen and oxygen atoms in total. The Morgan fingerprint density at radius 3 is 1.50 bits per heavy atom. The number of rotatable bonds is 6. The minimum Gasteiger partial charge on any atom is -0.396 e. The average Bonchev–Trinajstić information content (AvgIpc) is 2.31. The van der Waals surface area contributed by atoms with E-state index in [0.717, 1.165) is 22.3 Å². The van der Waals surface area contributed by atoms with E-state index < -0.39 is 0 Å². The lowest BCUT2D eigenvalue weighted by molar-refractivity contribution is 0.298. The molecule has 0 saturated heterocycles. The molecular formula is C14H18O2. The first-order valence-corrected chi connectivity index (χ1v) is 5.39. The normalized spacial score (nSPS) is 10.1. The highest BCUT2D eigenvalue weighted by Crippen LogP contribution is 2.23. The van der Waals surface area contributed by atoms with Crippen molar-refractivity contribution in [2.24, 2.45) is 0 Å². The number of hydrogen-bond acceptors (Lipinski definition) is 2. The Hall–Kier alpha value is -1.38. The molecule has 0 spiro atoms. The van der Waals surface area contributed by atoms with Crippen LogP contribution < -0.4 is 0 Å². The molecule has 0 saturated carbocycles. The van der Waals surface area contributed by atoms with Gasteiger partial charge in [0.2, 0.25) is 0 Å². The maximum atomic E-state index is 8.98. The van der Waals surface area contributed by atoms with Crippen LogP contribution in [-0.4, -0.2) is 23.4 Å². The fourth-order valence-corrected chi connectivity index (χ4v) is 1.89. The Balaban J connectivity index is 3.27. The molecule has 0 bridgehead atoms. The molecule has 1 aromatic carbocycles. The zero-order valence-electron chi connectivity index (χ0n) is 9.45. The van der Waals surface area contributed by atoms with Crippen molar-refractivity contribution in [1.82, 2.24) is 0 Å². The van der Waals surface area contributed by atoms with Crippen LogP contribution >= 0.6 is 0 Å². The molecule has 0 amide bonds. The summed E-state index contributed by atoms with van der Waals surface area (Å²) in [5.74, 6) is 0. The van der Waals surface area contributed by atoms with Gasteiger partial charge in [-0.2, -0.15) is 0 Å². The smallest absolute Gasteiger partial charge is 0.0471 e. The highest BCUT2D eigenvalue weighted by Gasteiger charge is 2.08. The van der Waals surface area contributed by atoms with Gasteiger partial charge in [-0.1, -0.05) is 37.4 Å². The van der Waals surface area contributed by atoms with Crippen LogP contribution in [0.2, 0.25) is 0 Å². The summed E-state index contributed by atoms with van der Waals surface area (Å²) in [6, 6.07) is 3.95. The van der Waals surface area contributed by atoms with Crippen LogP contribution in [0.1, 0.15) is 22.3 Å². The third-order valence-electron chi connectivity index (χ3n) is 2.64. The molecule has 0 fully saturated rings. The van der Waals surface area contributed by atoms with E-state index in [1.54, 1.807) is 12.2 Å². The van der Waals surface area contributed by atoms with E-state index in [0.29, 0.717) is 12.8 Å². The summed E-state index contributed by atoms with van der Waals surface area (Å²) in [6.45, 7) is 7.83. The fourth-order valence-electron chi connectivity index (χ4n) is 1.89. The number of aliphatic hydroxyl groups excluding tert-OH is 2. The molecule has 0 aliphatic carbocycles. The molecule has 1 aromatic rings. The number of benzene rings is 1. The zero-order chi connectivity index (χ0) is 12.0. The van der Waals surface area contributed by atoms with Crippen LogP contribution in [0.4, 0.5) is 0 Å². The van der Waals surface area contributed by atoms with Crippen molar-refractivity contribution >= 4 is 12.2 Å². The second-order valence-corrected chi connectivity index (χ2v) is 3.57. The van der Waals surface area contributed by atoms with Crippen LogP contribution in [0, 0.1) is 0 Å². The Labute approximate surface area is 96.6 Å². The van der Waals surface area contributed by atoms with Crippen LogP contribution in [0.3, 0.4) is 0 Å². The minimum absolute atomic E-state index is 0.122. The first-order chi connectivity index (χ1) is 7.78. The molecule has 1 rings (SSSR count). The van der Waals surface area contributed by atoms with Crippen molar-refractivity contribution < 1.29 is 10.2 Å². The molecule has 0 radical (unpaired) electrons. The Morgan fingerprint density at radius 1 is 0.875 bits per heavy atom. The van der Waals surface area contributed by atoms with Gasteiger partial charge >= 0.3 is 0 Å². The van der Waals surface area contributed by atoms with Crippen molar-refractivity contribution in [3.63, 3.8) is 0 Å². The van der Waals surface area contributed by atoms with Crippen molar-refractivity contribution in [1.29, 1.82) is 0 Å². The van der Waals surface area contributed by atoms with E-state index in [2.05, 4.69) is 13.2 Å². The predicted molar refractivity (Wildman–Crippen MR) is 68.2 cm³/mol. The zero-order valence-corrected chi connectivity index (χ0v) is 9.45. The summed E-state index contributed by atoms with van der Waals surface area (Å²) < 4.78 is 0. The van der Waals surface area contributed by atoms with Crippen molar-refractivity contribution in [2.75, 3.05) is 13.2 Å². The monoisotopic (exact) mass is 218 g/mol. The van der Waals surface area contributed by atoms with Crippen molar-refractivity contribution in [3.8, 4) is 0 Å². The summed E-state index contributed by atoms with van der Waals surface area (Å²) in [4.78, 5) is 0. The first kappa shape index (κ1) is 12.7. The molecule has 0 atom stereocenters. The Morgan fingerprint density at radius 2 is 1.25 bits per heavy atom. The SMILES string of the molecule is C=Cc1c(CCO)ccc(CCO)c1C=C. The molecule has 0 aliphatic heterocycles. The molecule has 86 valence electrons. The topological polar surface area (TPSA) is 40.5 Å². The second-order valence-electron chi connectivity index (χ2n) is 3.57. The van der Waals surface area contributed by atoms with E-state index in [9.17, 15) is 0 Å². The van der Waals surface area contributed by atoms with Crippen LogP contribution in [0.25, 0.3) is 12.2 Å². The maximum absolute atomic E-state index is 8.98. The molecule has 2 heteroatoms. The summed E-state index contributed by atoms with van der Waals surface area (Å²) >= 11 is 0. The van der Waals surface area contributed by atoms with Gasteiger partial charge in [-0.3, -0.25) is 0 Å². The summed E-state index contributed by atoms with van der Waals surface area (Å²) in [7, 11) is 0. The first-order valence-electron chi connectivity index (χ1n) is 5.39. The highest BCUT2D eigenvalue weighted by molar-refractivity contribution is 5.69. The molecule has 0 aliphatic rings. The van der Waals surface area contributed by atoms with Crippen molar-refractivity contribution in [2.45, 2.75) is 12.8 Å². The van der Waals surface area contributed by atoms with Crippen LogP contribution in [0.15, 0.2) is 25.3 Å². The summed E-state index contributed by atoms with van der Waals surface area (Å²) in [5.41, 5.74) is 4.15. The summed E-state index contributed by atoms with van der Waals surface area (Å²) in [5, 5.41) is 18.0. The van der Waals surface area contributed by atoms with Gasteiger partial charge in [0, 0.05) is 13.2 Å². The van der Waals surface area contributed by atoms with Gasteiger partial charge < -0.3 is 10.2 Å². The van der Waals surface area contributed by atoms with Gasteiger partial charge in [0.1, 0.15) is 0 Å². The van der Waals surface area contributed by atoms with Crippen LogP contribution in [-0.2, 0) is 12.8 Å². The molecule has 16 heavy (non-hydrogen) atoms. The number of aliphatic hydroxyl groups is 2. The Kier molecular flexibility index (Phi) is 4.96. The third kappa shape index (κ3) is 2.60.